The van der Waals surface area contributed by atoms with Crippen molar-refractivity contribution in [2.24, 2.45) is 17.8 Å². The first-order chi connectivity index (χ1) is 20.8. The van der Waals surface area contributed by atoms with Crippen LogP contribution < -0.4 is 5.32 Å². The van der Waals surface area contributed by atoms with E-state index in [0.717, 1.165) is 39.5 Å². The number of halogens is 1. The molecule has 0 bridgehead atoms. The fourth-order valence-corrected chi connectivity index (χ4v) is 8.30. The van der Waals surface area contributed by atoms with Gasteiger partial charge in [0.15, 0.2) is 0 Å². The molecule has 44 heavy (non-hydrogen) atoms. The molecule has 0 unspecified atom stereocenters. The molecule has 4 aliphatic rings. The number of H-pyrrole nitrogens is 1. The smallest absolute Gasteiger partial charge is 0.281 e. The standard InChI is InChI=1S/C33H44BrN5O5/c1-18(2)15-25-30(41)38-14-8-11-26(38)33(43)39(25)31(42)32(44-33,19(3)4)36-29(40)21(17-37(5)6)16-20-12-13-23-27-22(20)9-7-10-24(27)35-28(23)34/h7,9-10,16,18-19,21,25-26,35,43H,8,11-15,17H2,1-6H3,(H,36,40)/b20-16+/t21-,25-,26-,32+,33-/m0/s1. The summed E-state index contributed by atoms with van der Waals surface area (Å²) in [5.41, 5.74) is 2.63. The molecule has 2 aromatic rings. The van der Waals surface area contributed by atoms with Crippen LogP contribution in [0.15, 0.2) is 28.9 Å². The number of aromatic nitrogens is 1. The van der Waals surface area contributed by atoms with E-state index < -0.39 is 41.5 Å². The van der Waals surface area contributed by atoms with Crippen molar-refractivity contribution < 1.29 is 24.2 Å². The molecule has 0 spiro atoms. The molecule has 1 aliphatic carbocycles. The normalized spacial score (nSPS) is 29.8. The van der Waals surface area contributed by atoms with Gasteiger partial charge in [-0.2, -0.15) is 0 Å². The Labute approximate surface area is 267 Å². The number of amides is 3. The molecular formula is C33H44BrN5O5. The second-order valence-corrected chi connectivity index (χ2v) is 14.6. The number of allylic oxidation sites excluding steroid dienone is 1. The van der Waals surface area contributed by atoms with Crippen LogP contribution in [-0.2, 0) is 25.5 Å². The Kier molecular flexibility index (Phi) is 8.00. The molecule has 10 nitrogen and oxygen atoms in total. The summed E-state index contributed by atoms with van der Waals surface area (Å²) in [5, 5.41) is 16.4. The minimum Gasteiger partial charge on any atom is -0.349 e. The van der Waals surface area contributed by atoms with Crippen LogP contribution in [0.3, 0.4) is 0 Å². The summed E-state index contributed by atoms with van der Waals surface area (Å²) in [5.74, 6) is -4.13. The Morgan fingerprint density at radius 3 is 2.68 bits per heavy atom. The number of rotatable bonds is 8. The van der Waals surface area contributed by atoms with E-state index in [2.05, 4.69) is 38.4 Å². The lowest BCUT2D eigenvalue weighted by Gasteiger charge is -2.49. The van der Waals surface area contributed by atoms with Crippen molar-refractivity contribution in [2.45, 2.75) is 83.5 Å². The summed E-state index contributed by atoms with van der Waals surface area (Å²) < 4.78 is 7.45. The summed E-state index contributed by atoms with van der Waals surface area (Å²) in [6, 6.07) is 4.61. The van der Waals surface area contributed by atoms with Gasteiger partial charge in [0.05, 0.1) is 10.5 Å². The van der Waals surface area contributed by atoms with Crippen molar-refractivity contribution in [1.82, 2.24) is 25.0 Å². The quantitative estimate of drug-likeness (QED) is 0.393. The lowest BCUT2D eigenvalue weighted by atomic mass is 9.86. The van der Waals surface area contributed by atoms with Crippen molar-refractivity contribution in [3.63, 3.8) is 0 Å². The van der Waals surface area contributed by atoms with Crippen molar-refractivity contribution in [3.8, 4) is 0 Å². The van der Waals surface area contributed by atoms with Gasteiger partial charge in [-0.3, -0.25) is 24.0 Å². The third-order valence-corrected chi connectivity index (χ3v) is 10.4. The zero-order valence-corrected chi connectivity index (χ0v) is 28.0. The highest BCUT2D eigenvalue weighted by molar-refractivity contribution is 9.10. The van der Waals surface area contributed by atoms with E-state index >= 15 is 0 Å². The van der Waals surface area contributed by atoms with E-state index in [1.807, 2.05) is 45.0 Å². The summed E-state index contributed by atoms with van der Waals surface area (Å²) in [7, 11) is 3.83. The van der Waals surface area contributed by atoms with E-state index in [-0.39, 0.29) is 17.7 Å². The van der Waals surface area contributed by atoms with Crippen LogP contribution in [0.1, 0.15) is 64.5 Å². The van der Waals surface area contributed by atoms with Crippen LogP contribution in [0.25, 0.3) is 16.5 Å². The van der Waals surface area contributed by atoms with Gasteiger partial charge in [-0.25, -0.2) is 0 Å². The Morgan fingerprint density at radius 2 is 2.00 bits per heavy atom. The van der Waals surface area contributed by atoms with E-state index in [4.69, 9.17) is 4.74 Å². The van der Waals surface area contributed by atoms with Crippen LogP contribution in [0, 0.1) is 17.8 Å². The minimum absolute atomic E-state index is 0.0982. The number of aromatic amines is 1. The van der Waals surface area contributed by atoms with Crippen LogP contribution in [0.2, 0.25) is 0 Å². The second-order valence-electron chi connectivity index (χ2n) is 13.9. The number of hydrogen-bond donors (Lipinski definition) is 3. The fourth-order valence-electron chi connectivity index (χ4n) is 7.69. The second kappa shape index (κ2) is 11.3. The lowest BCUT2D eigenvalue weighted by Crippen LogP contribution is -2.71. The number of aryl methyl sites for hydroxylation is 1. The first-order valence-electron chi connectivity index (χ1n) is 15.8. The predicted octanol–water partition coefficient (Wildman–Crippen LogP) is 3.83. The number of benzene rings is 1. The molecule has 1 aromatic heterocycles. The van der Waals surface area contributed by atoms with Gasteiger partial charge in [0.1, 0.15) is 12.1 Å². The highest BCUT2D eigenvalue weighted by atomic mass is 79.9. The molecule has 5 atom stereocenters. The summed E-state index contributed by atoms with van der Waals surface area (Å²) in [6.45, 7) is 8.51. The number of fused-ring (bicyclic) bond motifs is 3. The highest BCUT2D eigenvalue weighted by Crippen LogP contribution is 2.48. The van der Waals surface area contributed by atoms with Crippen LogP contribution in [0.5, 0.6) is 0 Å². The number of nitrogens with one attached hydrogen (secondary N) is 2. The Bertz CT molecular complexity index is 1530. The van der Waals surface area contributed by atoms with Gasteiger partial charge in [-0.1, -0.05) is 45.9 Å². The number of carbonyl (C=O) groups is 3. The zero-order valence-electron chi connectivity index (χ0n) is 26.4. The third-order valence-electron chi connectivity index (χ3n) is 9.74. The van der Waals surface area contributed by atoms with Gasteiger partial charge in [0, 0.05) is 29.9 Å². The number of ether oxygens (including phenoxy) is 1. The molecule has 0 saturated carbocycles. The summed E-state index contributed by atoms with van der Waals surface area (Å²) >= 11 is 3.67. The van der Waals surface area contributed by atoms with E-state index in [1.165, 1.54) is 10.5 Å². The average Bonchev–Trinajstić information content (AvgIpc) is 3.63. The summed E-state index contributed by atoms with van der Waals surface area (Å²) in [4.78, 5) is 50.8. The molecule has 0 radical (unpaired) electrons. The van der Waals surface area contributed by atoms with Gasteiger partial charge < -0.3 is 25.2 Å². The monoisotopic (exact) mass is 669 g/mol. The van der Waals surface area contributed by atoms with Crippen molar-refractivity contribution in [1.29, 1.82) is 0 Å². The largest absolute Gasteiger partial charge is 0.349 e. The van der Waals surface area contributed by atoms with Crippen molar-refractivity contribution in [2.75, 3.05) is 27.2 Å². The molecular weight excluding hydrogens is 626 g/mol. The molecule has 3 aliphatic heterocycles. The van der Waals surface area contributed by atoms with E-state index in [9.17, 15) is 19.5 Å². The van der Waals surface area contributed by atoms with E-state index in [0.29, 0.717) is 32.4 Å². The third kappa shape index (κ3) is 4.82. The molecule has 238 valence electrons. The minimum atomic E-state index is -2.02. The van der Waals surface area contributed by atoms with Crippen molar-refractivity contribution in [3.05, 3.63) is 40.0 Å². The Morgan fingerprint density at radius 1 is 1.25 bits per heavy atom. The number of nitrogens with zero attached hydrogens (tertiary/aromatic N) is 3. The van der Waals surface area contributed by atoms with Gasteiger partial charge in [0.25, 0.3) is 11.8 Å². The zero-order chi connectivity index (χ0) is 31.7. The number of aliphatic hydroxyl groups is 1. The maximum atomic E-state index is 14.5. The number of carbonyl (C=O) groups excluding carboxylic acids is 3. The molecule has 4 heterocycles. The van der Waals surface area contributed by atoms with Crippen LogP contribution >= 0.6 is 15.9 Å². The lowest BCUT2D eigenvalue weighted by molar-refractivity contribution is -0.322. The maximum Gasteiger partial charge on any atom is 0.281 e. The fraction of sp³-hybridized carbons (Fsp3) is 0.606. The van der Waals surface area contributed by atoms with Crippen LogP contribution in [0.4, 0.5) is 0 Å². The van der Waals surface area contributed by atoms with Gasteiger partial charge in [-0.15, -0.1) is 0 Å². The predicted molar refractivity (Wildman–Crippen MR) is 171 cm³/mol. The molecule has 3 fully saturated rings. The van der Waals surface area contributed by atoms with Crippen LogP contribution in [-0.4, -0.2) is 93.4 Å². The van der Waals surface area contributed by atoms with E-state index in [1.54, 1.807) is 18.7 Å². The molecule has 3 saturated heterocycles. The Balaban J connectivity index is 1.37. The molecule has 11 heteroatoms. The van der Waals surface area contributed by atoms with Crippen molar-refractivity contribution >= 4 is 50.1 Å². The highest BCUT2D eigenvalue weighted by Gasteiger charge is 2.71. The van der Waals surface area contributed by atoms with Gasteiger partial charge in [0.2, 0.25) is 17.5 Å². The number of piperazine rings is 1. The van der Waals surface area contributed by atoms with Gasteiger partial charge in [-0.05, 0) is 90.8 Å². The molecule has 6 rings (SSSR count). The maximum absolute atomic E-state index is 14.5. The number of hydrogen-bond acceptors (Lipinski definition) is 6. The first-order valence-corrected chi connectivity index (χ1v) is 16.6. The molecule has 3 amide bonds. The average molecular weight is 671 g/mol. The Hall–Kier alpha value is -2.73. The molecule has 3 N–H and O–H groups in total. The summed E-state index contributed by atoms with van der Waals surface area (Å²) in [6.07, 6.45) is 5.24. The SMILES string of the molecule is CC(C)C[C@H]1C(=O)N2CCC[C@H]2[C@]2(O)O[C@](NC(=O)[C@@H](/C=C3\CCc4c(Br)[nH]c5cccc3c45)CN(C)C)(C(C)C)C(=O)N12. The molecule has 1 aromatic carbocycles. The van der Waals surface area contributed by atoms with Gasteiger partial charge >= 0.3 is 0 Å². The first kappa shape index (κ1) is 31.3. The topological polar surface area (TPSA) is 118 Å².